The Morgan fingerprint density at radius 3 is 2.42 bits per heavy atom. The SMILES string of the molecule is CN(C)CCNc1ccc(NS(=O)(=O)c2ccccc2)c2cccnc12. The van der Waals surface area contributed by atoms with E-state index in [0.717, 1.165) is 29.7 Å². The van der Waals surface area contributed by atoms with Gasteiger partial charge >= 0.3 is 0 Å². The lowest BCUT2D eigenvalue weighted by Crippen LogP contribution is -2.21. The van der Waals surface area contributed by atoms with E-state index < -0.39 is 10.0 Å². The highest BCUT2D eigenvalue weighted by atomic mass is 32.2. The average Bonchev–Trinajstić information content (AvgIpc) is 2.64. The second-order valence-corrected chi connectivity index (χ2v) is 7.89. The number of sulfonamides is 1. The molecular formula is C19H22N4O2S. The van der Waals surface area contributed by atoms with Gasteiger partial charge in [-0.3, -0.25) is 9.71 Å². The number of benzene rings is 2. The van der Waals surface area contributed by atoms with Gasteiger partial charge in [-0.25, -0.2) is 8.42 Å². The molecule has 7 heteroatoms. The van der Waals surface area contributed by atoms with Gasteiger partial charge in [-0.1, -0.05) is 18.2 Å². The highest BCUT2D eigenvalue weighted by molar-refractivity contribution is 7.92. The minimum atomic E-state index is -3.65. The van der Waals surface area contributed by atoms with E-state index in [0.29, 0.717) is 5.69 Å². The van der Waals surface area contributed by atoms with Crippen molar-refractivity contribution in [1.82, 2.24) is 9.88 Å². The molecular weight excluding hydrogens is 348 g/mol. The molecule has 3 aromatic rings. The summed E-state index contributed by atoms with van der Waals surface area (Å²) >= 11 is 0. The summed E-state index contributed by atoms with van der Waals surface area (Å²) in [6.07, 6.45) is 1.70. The van der Waals surface area contributed by atoms with Crippen LogP contribution in [0.25, 0.3) is 10.9 Å². The third-order valence-electron chi connectivity index (χ3n) is 3.94. The molecule has 0 atom stereocenters. The fraction of sp³-hybridized carbons (Fsp3) is 0.211. The Morgan fingerprint density at radius 2 is 1.69 bits per heavy atom. The van der Waals surface area contributed by atoms with E-state index in [-0.39, 0.29) is 4.90 Å². The predicted octanol–water partition coefficient (Wildman–Crippen LogP) is 3.01. The highest BCUT2D eigenvalue weighted by Gasteiger charge is 2.16. The maximum Gasteiger partial charge on any atom is 0.261 e. The van der Waals surface area contributed by atoms with Crippen molar-refractivity contribution in [3.05, 3.63) is 60.8 Å². The van der Waals surface area contributed by atoms with Gasteiger partial charge in [0.1, 0.15) is 0 Å². The normalized spacial score (nSPS) is 11.7. The summed E-state index contributed by atoms with van der Waals surface area (Å²) in [5.74, 6) is 0. The quantitative estimate of drug-likeness (QED) is 0.669. The summed E-state index contributed by atoms with van der Waals surface area (Å²) < 4.78 is 27.9. The molecule has 0 bridgehead atoms. The number of fused-ring (bicyclic) bond motifs is 1. The van der Waals surface area contributed by atoms with Crippen molar-refractivity contribution < 1.29 is 8.42 Å². The smallest absolute Gasteiger partial charge is 0.261 e. The van der Waals surface area contributed by atoms with Gasteiger partial charge in [-0.2, -0.15) is 0 Å². The van der Waals surface area contributed by atoms with E-state index in [4.69, 9.17) is 0 Å². The van der Waals surface area contributed by atoms with Crippen molar-refractivity contribution in [2.24, 2.45) is 0 Å². The van der Waals surface area contributed by atoms with Crippen LogP contribution in [0.15, 0.2) is 65.7 Å². The number of rotatable bonds is 7. The Balaban J connectivity index is 1.93. The first-order chi connectivity index (χ1) is 12.5. The number of anilines is 2. The molecule has 136 valence electrons. The van der Waals surface area contributed by atoms with E-state index >= 15 is 0 Å². The summed E-state index contributed by atoms with van der Waals surface area (Å²) in [6, 6.07) is 15.6. The van der Waals surface area contributed by atoms with Crippen LogP contribution in [0.1, 0.15) is 0 Å². The van der Waals surface area contributed by atoms with E-state index in [1.165, 1.54) is 0 Å². The maximum absolute atomic E-state index is 12.6. The van der Waals surface area contributed by atoms with Crippen LogP contribution in [0.2, 0.25) is 0 Å². The first-order valence-corrected chi connectivity index (χ1v) is 9.80. The van der Waals surface area contributed by atoms with Crippen molar-refractivity contribution in [1.29, 1.82) is 0 Å². The average molecular weight is 370 g/mol. The second kappa shape index (κ2) is 7.72. The first kappa shape index (κ1) is 18.2. The lowest BCUT2D eigenvalue weighted by Gasteiger charge is -2.15. The highest BCUT2D eigenvalue weighted by Crippen LogP contribution is 2.29. The zero-order valence-electron chi connectivity index (χ0n) is 14.8. The van der Waals surface area contributed by atoms with Crippen LogP contribution in [0.3, 0.4) is 0 Å². The zero-order chi connectivity index (χ0) is 18.6. The van der Waals surface area contributed by atoms with Gasteiger partial charge in [-0.15, -0.1) is 0 Å². The summed E-state index contributed by atoms with van der Waals surface area (Å²) in [4.78, 5) is 6.75. The van der Waals surface area contributed by atoms with Gasteiger partial charge < -0.3 is 10.2 Å². The predicted molar refractivity (Wildman–Crippen MR) is 106 cm³/mol. The van der Waals surface area contributed by atoms with E-state index in [1.54, 1.807) is 48.7 Å². The molecule has 26 heavy (non-hydrogen) atoms. The second-order valence-electron chi connectivity index (χ2n) is 6.21. The summed E-state index contributed by atoms with van der Waals surface area (Å²) in [7, 11) is 0.376. The van der Waals surface area contributed by atoms with Crippen molar-refractivity contribution >= 4 is 32.3 Å². The molecule has 0 aliphatic carbocycles. The van der Waals surface area contributed by atoms with Crippen LogP contribution in [0, 0.1) is 0 Å². The molecule has 6 nitrogen and oxygen atoms in total. The van der Waals surface area contributed by atoms with Crippen LogP contribution >= 0.6 is 0 Å². The molecule has 0 aliphatic rings. The fourth-order valence-electron chi connectivity index (χ4n) is 2.62. The lowest BCUT2D eigenvalue weighted by molar-refractivity contribution is 0.425. The van der Waals surface area contributed by atoms with Gasteiger partial charge in [-0.05, 0) is 50.5 Å². The summed E-state index contributed by atoms with van der Waals surface area (Å²) in [5, 5.41) is 4.11. The molecule has 2 N–H and O–H groups in total. The molecule has 0 spiro atoms. The monoisotopic (exact) mass is 370 g/mol. The van der Waals surface area contributed by atoms with Crippen LogP contribution in [0.4, 0.5) is 11.4 Å². The number of hydrogen-bond donors (Lipinski definition) is 2. The third kappa shape index (κ3) is 4.12. The van der Waals surface area contributed by atoms with Gasteiger partial charge in [0.05, 0.1) is 21.8 Å². The molecule has 1 aromatic heterocycles. The van der Waals surface area contributed by atoms with Gasteiger partial charge in [0, 0.05) is 24.7 Å². The van der Waals surface area contributed by atoms with Crippen LogP contribution in [0.5, 0.6) is 0 Å². The topological polar surface area (TPSA) is 74.3 Å². The molecule has 0 fully saturated rings. The van der Waals surface area contributed by atoms with Crippen molar-refractivity contribution in [3.63, 3.8) is 0 Å². The van der Waals surface area contributed by atoms with Gasteiger partial charge in [0.25, 0.3) is 10.0 Å². The molecule has 0 aliphatic heterocycles. The Bertz CT molecular complexity index is 989. The number of nitrogens with one attached hydrogen (secondary N) is 2. The Morgan fingerprint density at radius 1 is 0.962 bits per heavy atom. The zero-order valence-corrected chi connectivity index (χ0v) is 15.6. The fourth-order valence-corrected chi connectivity index (χ4v) is 3.72. The Kier molecular flexibility index (Phi) is 5.39. The maximum atomic E-state index is 12.6. The molecule has 0 saturated heterocycles. The number of aromatic nitrogens is 1. The van der Waals surface area contributed by atoms with Crippen LogP contribution in [-0.4, -0.2) is 45.5 Å². The molecule has 0 amide bonds. The molecule has 1 heterocycles. The van der Waals surface area contributed by atoms with Gasteiger partial charge in [0.15, 0.2) is 0 Å². The van der Waals surface area contributed by atoms with E-state index in [2.05, 4.69) is 19.9 Å². The number of hydrogen-bond acceptors (Lipinski definition) is 5. The molecule has 0 radical (unpaired) electrons. The van der Waals surface area contributed by atoms with Crippen LogP contribution < -0.4 is 10.0 Å². The molecule has 0 unspecified atom stereocenters. The summed E-state index contributed by atoms with van der Waals surface area (Å²) in [6.45, 7) is 1.66. The van der Waals surface area contributed by atoms with Gasteiger partial charge in [0.2, 0.25) is 0 Å². The van der Waals surface area contributed by atoms with Crippen molar-refractivity contribution in [3.8, 4) is 0 Å². The minimum absolute atomic E-state index is 0.227. The van der Waals surface area contributed by atoms with Crippen molar-refractivity contribution in [2.75, 3.05) is 37.2 Å². The Labute approximate surface area is 153 Å². The first-order valence-electron chi connectivity index (χ1n) is 8.31. The Hall–Kier alpha value is -2.64. The number of pyridine rings is 1. The van der Waals surface area contributed by atoms with E-state index in [9.17, 15) is 8.42 Å². The van der Waals surface area contributed by atoms with Crippen LogP contribution in [-0.2, 0) is 10.0 Å². The largest absolute Gasteiger partial charge is 0.382 e. The number of nitrogens with zero attached hydrogens (tertiary/aromatic N) is 2. The number of likely N-dealkylation sites (N-methyl/N-ethyl adjacent to an activating group) is 1. The van der Waals surface area contributed by atoms with Crippen molar-refractivity contribution in [2.45, 2.75) is 4.90 Å². The molecule has 3 rings (SSSR count). The molecule has 2 aromatic carbocycles. The third-order valence-corrected chi connectivity index (χ3v) is 5.32. The van der Waals surface area contributed by atoms with E-state index in [1.807, 2.05) is 26.2 Å². The lowest BCUT2D eigenvalue weighted by atomic mass is 10.1. The minimum Gasteiger partial charge on any atom is -0.382 e. The summed E-state index contributed by atoms with van der Waals surface area (Å²) in [5.41, 5.74) is 2.12. The molecule has 0 saturated carbocycles. The standard InChI is InChI=1S/C19H22N4O2S/c1-23(2)14-13-20-18-11-10-17(16-9-6-12-21-19(16)18)22-26(24,25)15-7-4-3-5-8-15/h3-12,20,22H,13-14H2,1-2H3.